The number of hydrogen-bond acceptors (Lipinski definition) is 5. The summed E-state index contributed by atoms with van der Waals surface area (Å²) in [5.41, 5.74) is 3.64. The quantitative estimate of drug-likeness (QED) is 0.270. The molecule has 3 aromatic carbocycles. The molecule has 6 nitrogen and oxygen atoms in total. The molecule has 0 saturated carbocycles. The lowest BCUT2D eigenvalue weighted by Crippen LogP contribution is -2.19. The monoisotopic (exact) mass is 455 g/mol. The summed E-state index contributed by atoms with van der Waals surface area (Å²) in [5, 5.41) is 11.6. The van der Waals surface area contributed by atoms with E-state index < -0.39 is 11.8 Å². The Labute approximate surface area is 193 Å². The van der Waals surface area contributed by atoms with E-state index in [1.165, 1.54) is 29.4 Å². The molecule has 2 amide bonds. The first-order valence-electron chi connectivity index (χ1n) is 10.1. The van der Waals surface area contributed by atoms with Gasteiger partial charge >= 0.3 is 6.03 Å². The first kappa shape index (κ1) is 20.6. The Morgan fingerprint density at radius 3 is 2.39 bits per heavy atom. The number of rotatable bonds is 5. The summed E-state index contributed by atoms with van der Waals surface area (Å²) in [7, 11) is 0. The smallest absolute Gasteiger partial charge is 0.323 e. The van der Waals surface area contributed by atoms with Crippen LogP contribution in [0.15, 0.2) is 90.6 Å². The van der Waals surface area contributed by atoms with Gasteiger partial charge in [-0.15, -0.1) is 11.3 Å². The van der Waals surface area contributed by atoms with Crippen molar-refractivity contribution < 1.29 is 9.18 Å². The average Bonchev–Trinajstić information content (AvgIpc) is 3.34. The number of fused-ring (bicyclic) bond motifs is 1. The molecule has 0 aliphatic carbocycles. The second kappa shape index (κ2) is 9.05. The molecule has 0 unspecified atom stereocenters. The fourth-order valence-electron chi connectivity index (χ4n) is 3.42. The number of amides is 2. The zero-order chi connectivity index (χ0) is 22.6. The highest BCUT2D eigenvalue weighted by molar-refractivity contribution is 7.13. The van der Waals surface area contributed by atoms with Crippen molar-refractivity contribution in [2.75, 3.05) is 16.0 Å². The van der Waals surface area contributed by atoms with E-state index in [1.54, 1.807) is 29.5 Å². The normalized spacial score (nSPS) is 10.7. The van der Waals surface area contributed by atoms with Crippen molar-refractivity contribution in [3.63, 3.8) is 0 Å². The van der Waals surface area contributed by atoms with Crippen LogP contribution in [-0.2, 0) is 0 Å². The predicted molar refractivity (Wildman–Crippen MR) is 132 cm³/mol. The molecule has 0 fully saturated rings. The van der Waals surface area contributed by atoms with E-state index in [2.05, 4.69) is 38.1 Å². The van der Waals surface area contributed by atoms with Crippen molar-refractivity contribution in [2.24, 2.45) is 0 Å². The lowest BCUT2D eigenvalue weighted by Gasteiger charge is -2.12. The van der Waals surface area contributed by atoms with Crippen LogP contribution in [0.2, 0.25) is 0 Å². The van der Waals surface area contributed by atoms with Gasteiger partial charge in [-0.1, -0.05) is 24.3 Å². The van der Waals surface area contributed by atoms with Gasteiger partial charge in [0.15, 0.2) is 0 Å². The summed E-state index contributed by atoms with van der Waals surface area (Å²) >= 11 is 1.68. The van der Waals surface area contributed by atoms with Crippen LogP contribution in [0.5, 0.6) is 0 Å². The molecule has 0 bridgehead atoms. The van der Waals surface area contributed by atoms with Gasteiger partial charge in [-0.3, -0.25) is 0 Å². The van der Waals surface area contributed by atoms with Gasteiger partial charge in [0.1, 0.15) is 18.0 Å². The van der Waals surface area contributed by atoms with Crippen LogP contribution in [0.3, 0.4) is 0 Å². The first-order chi connectivity index (χ1) is 16.1. The Bertz CT molecular complexity index is 1440. The zero-order valence-corrected chi connectivity index (χ0v) is 18.1. The molecule has 0 aliphatic rings. The molecular weight excluding hydrogens is 437 g/mol. The number of benzene rings is 3. The van der Waals surface area contributed by atoms with Crippen molar-refractivity contribution in [1.82, 2.24) is 9.97 Å². The third kappa shape index (κ3) is 4.81. The van der Waals surface area contributed by atoms with E-state index in [1.807, 2.05) is 35.7 Å². The molecule has 0 radical (unpaired) electrons. The van der Waals surface area contributed by atoms with Crippen LogP contribution >= 0.6 is 11.3 Å². The van der Waals surface area contributed by atoms with Crippen LogP contribution in [0, 0.1) is 5.82 Å². The van der Waals surface area contributed by atoms with Gasteiger partial charge in [-0.25, -0.2) is 19.2 Å². The number of urea groups is 1. The van der Waals surface area contributed by atoms with Crippen LogP contribution in [0.4, 0.5) is 32.1 Å². The lowest BCUT2D eigenvalue weighted by atomic mass is 10.1. The molecule has 0 saturated heterocycles. The highest BCUT2D eigenvalue weighted by Gasteiger charge is 2.08. The van der Waals surface area contributed by atoms with Crippen molar-refractivity contribution in [1.29, 1.82) is 0 Å². The molecule has 2 heterocycles. The Morgan fingerprint density at radius 2 is 1.61 bits per heavy atom. The van der Waals surface area contributed by atoms with Crippen molar-refractivity contribution in [2.45, 2.75) is 0 Å². The molecule has 8 heteroatoms. The van der Waals surface area contributed by atoms with Gasteiger partial charge in [-0.05, 0) is 65.5 Å². The Morgan fingerprint density at radius 1 is 0.818 bits per heavy atom. The molecule has 0 aliphatic heterocycles. The molecule has 5 rings (SSSR count). The summed E-state index contributed by atoms with van der Waals surface area (Å²) in [5.74, 6) is 0.248. The molecule has 33 heavy (non-hydrogen) atoms. The van der Waals surface area contributed by atoms with E-state index in [-0.39, 0.29) is 0 Å². The third-order valence-electron chi connectivity index (χ3n) is 4.91. The zero-order valence-electron chi connectivity index (χ0n) is 17.2. The number of carbonyl (C=O) groups is 1. The maximum Gasteiger partial charge on any atom is 0.323 e. The minimum atomic E-state index is -0.466. The van der Waals surface area contributed by atoms with Crippen LogP contribution in [0.25, 0.3) is 21.3 Å². The number of nitrogens with one attached hydrogen (secondary N) is 3. The number of thiophene rings is 1. The first-order valence-corrected chi connectivity index (χ1v) is 11.0. The highest BCUT2D eigenvalue weighted by atomic mass is 32.1. The van der Waals surface area contributed by atoms with Crippen LogP contribution < -0.4 is 16.0 Å². The number of anilines is 4. The fraction of sp³-hybridized carbons (Fsp3) is 0. The fourth-order valence-corrected chi connectivity index (χ4v) is 4.15. The van der Waals surface area contributed by atoms with Gasteiger partial charge in [0.05, 0.1) is 5.52 Å². The second-order valence-electron chi connectivity index (χ2n) is 7.23. The summed E-state index contributed by atoms with van der Waals surface area (Å²) in [6.07, 6.45) is 1.53. The Hall–Kier alpha value is -4.30. The average molecular weight is 456 g/mol. The van der Waals surface area contributed by atoms with Crippen LogP contribution in [0.1, 0.15) is 0 Å². The van der Waals surface area contributed by atoms with Crippen LogP contribution in [-0.4, -0.2) is 16.0 Å². The highest BCUT2D eigenvalue weighted by Crippen LogP contribution is 2.30. The van der Waals surface area contributed by atoms with Gasteiger partial charge < -0.3 is 16.0 Å². The predicted octanol–water partition coefficient (Wildman–Crippen LogP) is 6.89. The number of aromatic nitrogens is 2. The molecule has 2 aromatic heterocycles. The lowest BCUT2D eigenvalue weighted by molar-refractivity contribution is 0.262. The summed E-state index contributed by atoms with van der Waals surface area (Å²) < 4.78 is 13.3. The van der Waals surface area contributed by atoms with Gasteiger partial charge in [0.2, 0.25) is 0 Å². The van der Waals surface area contributed by atoms with Crippen molar-refractivity contribution in [3.8, 4) is 10.4 Å². The van der Waals surface area contributed by atoms with Crippen molar-refractivity contribution in [3.05, 3.63) is 96.4 Å². The van der Waals surface area contributed by atoms with E-state index in [9.17, 15) is 9.18 Å². The summed E-state index contributed by atoms with van der Waals surface area (Å²) in [6, 6.07) is 22.7. The minimum Gasteiger partial charge on any atom is -0.340 e. The minimum absolute atomic E-state index is 0.371. The van der Waals surface area contributed by atoms with Crippen molar-refractivity contribution >= 4 is 51.2 Å². The van der Waals surface area contributed by atoms with E-state index >= 15 is 0 Å². The van der Waals surface area contributed by atoms with E-state index in [0.717, 1.165) is 22.2 Å². The SMILES string of the molecule is O=C(Nc1cccc(F)c1)Nc1cccc(Nc2ncnc3cc(-c4cccs4)ccc23)c1. The largest absolute Gasteiger partial charge is 0.340 e. The topological polar surface area (TPSA) is 78.9 Å². The standard InChI is InChI=1S/C25H18FN5OS/c26-17-4-1-5-18(13-17)30-25(32)31-20-7-2-6-19(14-20)29-24-21-10-9-16(23-8-3-11-33-23)12-22(21)27-15-28-24/h1-15H,(H,27,28,29)(H2,30,31,32). The Balaban J connectivity index is 1.33. The summed E-state index contributed by atoms with van der Waals surface area (Å²) in [4.78, 5) is 22.3. The number of hydrogen-bond donors (Lipinski definition) is 3. The van der Waals surface area contributed by atoms with Gasteiger partial charge in [0.25, 0.3) is 0 Å². The molecule has 3 N–H and O–H groups in total. The maximum absolute atomic E-state index is 13.3. The Kier molecular flexibility index (Phi) is 5.65. The van der Waals surface area contributed by atoms with E-state index in [4.69, 9.17) is 0 Å². The third-order valence-corrected chi connectivity index (χ3v) is 5.83. The van der Waals surface area contributed by atoms with Gasteiger partial charge in [-0.2, -0.15) is 0 Å². The molecule has 162 valence electrons. The number of halogens is 1. The number of carbonyl (C=O) groups excluding carboxylic acids is 1. The summed E-state index contributed by atoms with van der Waals surface area (Å²) in [6.45, 7) is 0. The van der Waals surface area contributed by atoms with E-state index in [0.29, 0.717) is 17.2 Å². The molecular formula is C25H18FN5OS. The maximum atomic E-state index is 13.3. The molecule has 5 aromatic rings. The van der Waals surface area contributed by atoms with Gasteiger partial charge in [0, 0.05) is 27.3 Å². The molecule has 0 atom stereocenters. The second-order valence-corrected chi connectivity index (χ2v) is 8.17. The molecule has 0 spiro atoms. The number of nitrogens with zero attached hydrogens (tertiary/aromatic N) is 2.